The molecule has 0 unspecified atom stereocenters. The van der Waals surface area contributed by atoms with E-state index in [2.05, 4.69) is 15.3 Å². The number of ether oxygens (including phenoxy) is 2. The summed E-state index contributed by atoms with van der Waals surface area (Å²) in [6.45, 7) is 1.14. The van der Waals surface area contributed by atoms with Gasteiger partial charge in [-0.2, -0.15) is 9.29 Å². The summed E-state index contributed by atoms with van der Waals surface area (Å²) in [7, 11) is -0.384. The van der Waals surface area contributed by atoms with E-state index in [0.717, 1.165) is 19.3 Å². The van der Waals surface area contributed by atoms with E-state index < -0.39 is 10.0 Å². The Bertz CT molecular complexity index is 1200. The van der Waals surface area contributed by atoms with Gasteiger partial charge in [-0.25, -0.2) is 13.4 Å². The Hall–Kier alpha value is -2.62. The van der Waals surface area contributed by atoms with Crippen molar-refractivity contribution in [3.05, 3.63) is 41.7 Å². The molecule has 4 rings (SSSR count). The maximum absolute atomic E-state index is 12.8. The summed E-state index contributed by atoms with van der Waals surface area (Å²) >= 11 is 6.11. The SMILES string of the molecule is COc1cc2nc(Cl)nc(Nc3ccc(S(=O)(=O)N4CCCCC4)cc3)c2cc1OC. The first kappa shape index (κ1) is 21.6. The quantitative estimate of drug-likeness (QED) is 0.548. The first-order valence-electron chi connectivity index (χ1n) is 9.89. The van der Waals surface area contributed by atoms with Gasteiger partial charge in [0.2, 0.25) is 15.3 Å². The standard InChI is InChI=1S/C21H23ClN4O4S/c1-29-18-12-16-17(13-19(18)30-2)24-21(22)25-20(16)23-14-6-8-15(9-7-14)31(27,28)26-10-4-3-5-11-26/h6-9,12-13H,3-5,10-11H2,1-2H3,(H,23,24,25). The van der Waals surface area contributed by atoms with Crippen LogP contribution in [-0.2, 0) is 10.0 Å². The van der Waals surface area contributed by atoms with Crippen molar-refractivity contribution in [1.29, 1.82) is 0 Å². The average molecular weight is 463 g/mol. The minimum Gasteiger partial charge on any atom is -0.493 e. The number of nitrogens with one attached hydrogen (secondary N) is 1. The molecule has 8 nitrogen and oxygen atoms in total. The third kappa shape index (κ3) is 4.39. The lowest BCUT2D eigenvalue weighted by Crippen LogP contribution is -2.35. The number of hydrogen-bond donors (Lipinski definition) is 1. The maximum atomic E-state index is 12.8. The fourth-order valence-corrected chi connectivity index (χ4v) is 5.32. The van der Waals surface area contributed by atoms with E-state index in [9.17, 15) is 8.42 Å². The number of fused-ring (bicyclic) bond motifs is 1. The van der Waals surface area contributed by atoms with Crippen LogP contribution in [0.1, 0.15) is 19.3 Å². The van der Waals surface area contributed by atoms with Gasteiger partial charge < -0.3 is 14.8 Å². The number of rotatable bonds is 6. The lowest BCUT2D eigenvalue weighted by molar-refractivity contribution is 0.346. The molecule has 0 spiro atoms. The van der Waals surface area contributed by atoms with Gasteiger partial charge >= 0.3 is 0 Å². The van der Waals surface area contributed by atoms with Crippen molar-refractivity contribution >= 4 is 44.0 Å². The Labute approximate surface area is 186 Å². The molecular weight excluding hydrogens is 440 g/mol. The molecule has 1 fully saturated rings. The molecule has 3 aromatic rings. The molecule has 31 heavy (non-hydrogen) atoms. The van der Waals surface area contributed by atoms with Crippen molar-refractivity contribution in [1.82, 2.24) is 14.3 Å². The van der Waals surface area contributed by atoms with Crippen LogP contribution >= 0.6 is 11.6 Å². The van der Waals surface area contributed by atoms with E-state index in [1.165, 1.54) is 0 Å². The zero-order chi connectivity index (χ0) is 22.0. The lowest BCUT2D eigenvalue weighted by atomic mass is 10.2. The number of benzene rings is 2. The second-order valence-electron chi connectivity index (χ2n) is 7.18. The molecule has 0 amide bonds. The van der Waals surface area contributed by atoms with Crippen molar-refractivity contribution in [3.8, 4) is 11.5 Å². The van der Waals surface area contributed by atoms with Gasteiger partial charge in [-0.3, -0.25) is 0 Å². The molecule has 0 radical (unpaired) electrons. The Morgan fingerprint density at radius 3 is 2.26 bits per heavy atom. The van der Waals surface area contributed by atoms with Crippen molar-refractivity contribution in [2.75, 3.05) is 32.6 Å². The smallest absolute Gasteiger partial charge is 0.243 e. The minimum absolute atomic E-state index is 0.0755. The van der Waals surface area contributed by atoms with Crippen molar-refractivity contribution in [3.63, 3.8) is 0 Å². The highest BCUT2D eigenvalue weighted by Crippen LogP contribution is 2.35. The van der Waals surface area contributed by atoms with Gasteiger partial charge in [-0.1, -0.05) is 6.42 Å². The molecule has 1 aliphatic heterocycles. The molecule has 0 saturated carbocycles. The number of anilines is 2. The zero-order valence-corrected chi connectivity index (χ0v) is 18.8. The molecular formula is C21H23ClN4O4S. The van der Waals surface area contributed by atoms with Crippen LogP contribution in [-0.4, -0.2) is 50.0 Å². The van der Waals surface area contributed by atoms with Crippen LogP contribution in [0.5, 0.6) is 11.5 Å². The van der Waals surface area contributed by atoms with Crippen molar-refractivity contribution in [2.24, 2.45) is 0 Å². The Kier molecular flexibility index (Phi) is 6.17. The third-order valence-corrected chi connectivity index (χ3v) is 7.33. The van der Waals surface area contributed by atoms with Gasteiger partial charge in [-0.15, -0.1) is 0 Å². The number of hydrogen-bond acceptors (Lipinski definition) is 7. The molecule has 10 heteroatoms. The van der Waals surface area contributed by atoms with Gasteiger partial charge in [0.05, 0.1) is 24.6 Å². The van der Waals surface area contributed by atoms with E-state index in [4.69, 9.17) is 21.1 Å². The molecule has 2 aromatic carbocycles. The summed E-state index contributed by atoms with van der Waals surface area (Å²) in [5, 5.41) is 3.96. The molecule has 0 aliphatic carbocycles. The molecule has 1 aliphatic rings. The molecule has 164 valence electrons. The van der Waals surface area contributed by atoms with Gasteiger partial charge in [-0.05, 0) is 54.8 Å². The van der Waals surface area contributed by atoms with Crippen LogP contribution in [0.4, 0.5) is 11.5 Å². The Morgan fingerprint density at radius 2 is 1.61 bits per heavy atom. The number of aromatic nitrogens is 2. The number of nitrogens with zero attached hydrogens (tertiary/aromatic N) is 3. The highest BCUT2D eigenvalue weighted by molar-refractivity contribution is 7.89. The summed E-state index contributed by atoms with van der Waals surface area (Å²) in [6.07, 6.45) is 2.87. The largest absolute Gasteiger partial charge is 0.493 e. The predicted octanol–water partition coefficient (Wildman–Crippen LogP) is 4.22. The monoisotopic (exact) mass is 462 g/mol. The first-order valence-corrected chi connectivity index (χ1v) is 11.7. The summed E-state index contributed by atoms with van der Waals surface area (Å²) in [6, 6.07) is 10.1. The van der Waals surface area contributed by atoms with Crippen LogP contribution in [0.15, 0.2) is 41.3 Å². The van der Waals surface area contributed by atoms with E-state index >= 15 is 0 Å². The fourth-order valence-electron chi connectivity index (χ4n) is 3.62. The predicted molar refractivity (Wildman–Crippen MR) is 120 cm³/mol. The van der Waals surface area contributed by atoms with Gasteiger partial charge in [0, 0.05) is 30.2 Å². The third-order valence-electron chi connectivity index (χ3n) is 5.24. The topological polar surface area (TPSA) is 93.7 Å². The Balaban J connectivity index is 1.65. The van der Waals surface area contributed by atoms with E-state index in [0.29, 0.717) is 47.0 Å². The zero-order valence-electron chi connectivity index (χ0n) is 17.3. The molecule has 1 saturated heterocycles. The number of sulfonamides is 1. The highest BCUT2D eigenvalue weighted by atomic mass is 35.5. The van der Waals surface area contributed by atoms with Crippen molar-refractivity contribution < 1.29 is 17.9 Å². The Morgan fingerprint density at radius 1 is 0.968 bits per heavy atom. The summed E-state index contributed by atoms with van der Waals surface area (Å²) in [5.41, 5.74) is 1.26. The number of methoxy groups -OCH3 is 2. The molecule has 2 heterocycles. The van der Waals surface area contributed by atoms with E-state index in [1.54, 1.807) is 54.9 Å². The highest BCUT2D eigenvalue weighted by Gasteiger charge is 2.25. The second kappa shape index (κ2) is 8.86. The first-order chi connectivity index (χ1) is 14.9. The average Bonchev–Trinajstić information content (AvgIpc) is 2.79. The summed E-state index contributed by atoms with van der Waals surface area (Å²) < 4.78 is 38.0. The normalized spacial score (nSPS) is 15.1. The van der Waals surface area contributed by atoms with Crippen LogP contribution < -0.4 is 14.8 Å². The molecule has 1 aromatic heterocycles. The fraction of sp³-hybridized carbons (Fsp3) is 0.333. The van der Waals surface area contributed by atoms with E-state index in [-0.39, 0.29) is 10.2 Å². The second-order valence-corrected chi connectivity index (χ2v) is 9.46. The van der Waals surface area contributed by atoms with Crippen LogP contribution in [0, 0.1) is 0 Å². The van der Waals surface area contributed by atoms with Gasteiger partial charge in [0.15, 0.2) is 11.5 Å². The van der Waals surface area contributed by atoms with Crippen LogP contribution in [0.3, 0.4) is 0 Å². The minimum atomic E-state index is -3.48. The van der Waals surface area contributed by atoms with Crippen molar-refractivity contribution in [2.45, 2.75) is 24.2 Å². The molecule has 0 atom stereocenters. The van der Waals surface area contributed by atoms with Crippen LogP contribution in [0.25, 0.3) is 10.9 Å². The number of halogens is 1. The van der Waals surface area contributed by atoms with Crippen LogP contribution in [0.2, 0.25) is 5.28 Å². The van der Waals surface area contributed by atoms with E-state index in [1.807, 2.05) is 0 Å². The summed E-state index contributed by atoms with van der Waals surface area (Å²) in [5.74, 6) is 1.54. The van der Waals surface area contributed by atoms with Gasteiger partial charge in [0.25, 0.3) is 0 Å². The summed E-state index contributed by atoms with van der Waals surface area (Å²) in [4.78, 5) is 8.82. The molecule has 1 N–H and O–H groups in total. The molecule has 0 bridgehead atoms. The lowest BCUT2D eigenvalue weighted by Gasteiger charge is -2.25. The maximum Gasteiger partial charge on any atom is 0.243 e. The van der Waals surface area contributed by atoms with Gasteiger partial charge in [0.1, 0.15) is 5.82 Å². The number of piperidine rings is 1.